The maximum Gasteiger partial charge on any atom is 0.282 e. The second-order valence-electron chi connectivity index (χ2n) is 4.67. The lowest BCUT2D eigenvalue weighted by Gasteiger charge is -2.14. The number of amides is 2. The maximum absolute atomic E-state index is 12.4. The molecule has 0 aromatic heterocycles. The van der Waals surface area contributed by atoms with Crippen molar-refractivity contribution in [2.45, 2.75) is 0 Å². The highest BCUT2D eigenvalue weighted by Gasteiger charge is 2.34. The van der Waals surface area contributed by atoms with E-state index in [9.17, 15) is 9.59 Å². The summed E-state index contributed by atoms with van der Waals surface area (Å²) < 4.78 is 0.930. The Bertz CT molecular complexity index is 770. The third-order valence-electron chi connectivity index (χ3n) is 3.16. The molecule has 1 N–H and O–H groups in total. The molecule has 0 radical (unpaired) electrons. The first-order chi connectivity index (χ1) is 10.5. The number of rotatable bonds is 2. The number of carbonyl (C=O) groups excluding carboxylic acids is 2. The number of hydrogen-bond donors (Lipinski definition) is 1. The summed E-state index contributed by atoms with van der Waals surface area (Å²) in [6.07, 6.45) is 1.57. The van der Waals surface area contributed by atoms with Crippen molar-refractivity contribution < 1.29 is 9.59 Å². The van der Waals surface area contributed by atoms with Gasteiger partial charge in [0.15, 0.2) is 0 Å². The average Bonchev–Trinajstić information content (AvgIpc) is 2.78. The van der Waals surface area contributed by atoms with E-state index in [0.717, 1.165) is 10.0 Å². The lowest BCUT2D eigenvalue weighted by molar-refractivity contribution is -0.117. The number of hydrazine groups is 1. The molecule has 1 heterocycles. The zero-order valence-electron chi connectivity index (χ0n) is 11.2. The van der Waals surface area contributed by atoms with Crippen LogP contribution in [0.5, 0.6) is 0 Å². The van der Waals surface area contributed by atoms with Crippen LogP contribution in [0.1, 0.15) is 5.56 Å². The van der Waals surface area contributed by atoms with Crippen molar-refractivity contribution in [2.24, 2.45) is 0 Å². The summed E-state index contributed by atoms with van der Waals surface area (Å²) in [4.78, 5) is 24.4. The van der Waals surface area contributed by atoms with Gasteiger partial charge in [0.1, 0.15) is 5.57 Å². The first-order valence-electron chi connectivity index (χ1n) is 6.43. The number of nitrogens with one attached hydrogen (secondary N) is 1. The Labute approximate surface area is 140 Å². The van der Waals surface area contributed by atoms with Crippen molar-refractivity contribution in [3.05, 3.63) is 69.2 Å². The van der Waals surface area contributed by atoms with Gasteiger partial charge >= 0.3 is 0 Å². The summed E-state index contributed by atoms with van der Waals surface area (Å²) in [5, 5.41) is 1.77. The Morgan fingerprint density at radius 3 is 2.27 bits per heavy atom. The van der Waals surface area contributed by atoms with E-state index in [0.29, 0.717) is 10.7 Å². The van der Waals surface area contributed by atoms with Gasteiger partial charge in [0, 0.05) is 9.50 Å². The van der Waals surface area contributed by atoms with E-state index < -0.39 is 11.8 Å². The summed E-state index contributed by atoms with van der Waals surface area (Å²) in [6, 6.07) is 14.0. The minimum atomic E-state index is -0.428. The van der Waals surface area contributed by atoms with Crippen molar-refractivity contribution in [3.8, 4) is 0 Å². The molecular formula is C16H10BrClN2O2. The van der Waals surface area contributed by atoms with Gasteiger partial charge in [-0.25, -0.2) is 5.01 Å². The first kappa shape index (κ1) is 14.8. The van der Waals surface area contributed by atoms with Crippen molar-refractivity contribution >= 4 is 51.1 Å². The molecule has 1 aliphatic rings. The largest absolute Gasteiger partial charge is 0.282 e. The molecule has 0 spiro atoms. The molecule has 0 unspecified atom stereocenters. The maximum atomic E-state index is 12.4. The van der Waals surface area contributed by atoms with E-state index in [4.69, 9.17) is 11.6 Å². The summed E-state index contributed by atoms with van der Waals surface area (Å²) in [7, 11) is 0. The molecule has 1 aliphatic heterocycles. The molecule has 4 nitrogen and oxygen atoms in total. The lowest BCUT2D eigenvalue weighted by atomic mass is 10.1. The highest BCUT2D eigenvalue weighted by atomic mass is 79.9. The number of benzene rings is 2. The molecule has 0 bridgehead atoms. The van der Waals surface area contributed by atoms with Crippen LogP contribution in [0.2, 0.25) is 5.02 Å². The predicted molar refractivity (Wildman–Crippen MR) is 89.2 cm³/mol. The van der Waals surface area contributed by atoms with Gasteiger partial charge in [-0.05, 0) is 48.0 Å². The summed E-state index contributed by atoms with van der Waals surface area (Å²) in [6.45, 7) is 0. The van der Waals surface area contributed by atoms with Crippen LogP contribution in [0.3, 0.4) is 0 Å². The molecule has 3 rings (SSSR count). The van der Waals surface area contributed by atoms with Crippen LogP contribution in [-0.4, -0.2) is 11.8 Å². The van der Waals surface area contributed by atoms with E-state index >= 15 is 0 Å². The Morgan fingerprint density at radius 2 is 1.64 bits per heavy atom. The standard InChI is InChI=1S/C16H10BrClN2O2/c17-11-3-1-10(2-4-11)9-14-15(21)19-20(16(14)22)13-7-5-12(18)6-8-13/h1-9H,(H,19,21). The fourth-order valence-electron chi connectivity index (χ4n) is 2.06. The van der Waals surface area contributed by atoms with Gasteiger partial charge in [-0.15, -0.1) is 0 Å². The minimum absolute atomic E-state index is 0.0947. The Kier molecular flexibility index (Phi) is 4.00. The Balaban J connectivity index is 1.91. The molecule has 110 valence electrons. The van der Waals surface area contributed by atoms with E-state index in [1.165, 1.54) is 5.01 Å². The molecule has 0 saturated carbocycles. The van der Waals surface area contributed by atoms with Crippen LogP contribution >= 0.6 is 27.5 Å². The second kappa shape index (κ2) is 5.94. The van der Waals surface area contributed by atoms with Crippen LogP contribution in [0.15, 0.2) is 58.6 Å². The molecule has 2 amide bonds. The quantitative estimate of drug-likeness (QED) is 0.642. The normalized spacial score (nSPS) is 16.3. The average molecular weight is 378 g/mol. The molecule has 2 aromatic rings. The predicted octanol–water partition coefficient (Wildman–Crippen LogP) is 3.56. The molecular weight excluding hydrogens is 368 g/mol. The summed E-state index contributed by atoms with van der Waals surface area (Å²) in [5.74, 6) is -0.821. The highest BCUT2D eigenvalue weighted by Crippen LogP contribution is 2.23. The minimum Gasteiger partial charge on any atom is -0.267 e. The van der Waals surface area contributed by atoms with Crippen LogP contribution < -0.4 is 10.4 Å². The van der Waals surface area contributed by atoms with E-state index in [-0.39, 0.29) is 5.57 Å². The van der Waals surface area contributed by atoms with Crippen molar-refractivity contribution in [1.82, 2.24) is 5.43 Å². The van der Waals surface area contributed by atoms with Gasteiger partial charge in [-0.2, -0.15) is 0 Å². The molecule has 1 saturated heterocycles. The van der Waals surface area contributed by atoms with Gasteiger partial charge in [-0.1, -0.05) is 39.7 Å². The number of anilines is 1. The van der Waals surface area contributed by atoms with Gasteiger partial charge in [0.05, 0.1) is 5.69 Å². The van der Waals surface area contributed by atoms with E-state index in [1.54, 1.807) is 30.3 Å². The smallest absolute Gasteiger partial charge is 0.267 e. The molecule has 2 aromatic carbocycles. The first-order valence-corrected chi connectivity index (χ1v) is 7.60. The molecule has 1 fully saturated rings. The fraction of sp³-hybridized carbons (Fsp3) is 0. The van der Waals surface area contributed by atoms with Gasteiger partial charge < -0.3 is 0 Å². The van der Waals surface area contributed by atoms with Crippen molar-refractivity contribution in [3.63, 3.8) is 0 Å². The number of halogens is 2. The van der Waals surface area contributed by atoms with Crippen LogP contribution in [0.25, 0.3) is 6.08 Å². The van der Waals surface area contributed by atoms with E-state index in [2.05, 4.69) is 21.4 Å². The Hall–Kier alpha value is -2.11. The van der Waals surface area contributed by atoms with Crippen LogP contribution in [0, 0.1) is 0 Å². The molecule has 22 heavy (non-hydrogen) atoms. The van der Waals surface area contributed by atoms with Crippen molar-refractivity contribution in [2.75, 3.05) is 5.01 Å². The Morgan fingerprint density at radius 1 is 1.00 bits per heavy atom. The third-order valence-corrected chi connectivity index (χ3v) is 3.94. The van der Waals surface area contributed by atoms with Crippen molar-refractivity contribution in [1.29, 1.82) is 0 Å². The molecule has 0 aliphatic carbocycles. The zero-order valence-corrected chi connectivity index (χ0v) is 13.6. The summed E-state index contributed by atoms with van der Waals surface area (Å²) in [5.41, 5.74) is 3.97. The number of nitrogens with zero attached hydrogens (tertiary/aromatic N) is 1. The zero-order chi connectivity index (χ0) is 15.7. The third kappa shape index (κ3) is 2.91. The SMILES string of the molecule is O=C1NN(c2ccc(Cl)cc2)C(=O)C1=Cc1ccc(Br)cc1. The number of hydrogen-bond acceptors (Lipinski definition) is 2. The monoisotopic (exact) mass is 376 g/mol. The molecule has 6 heteroatoms. The fourth-order valence-corrected chi connectivity index (χ4v) is 2.45. The number of carbonyl (C=O) groups is 2. The second-order valence-corrected chi connectivity index (χ2v) is 6.02. The van der Waals surface area contributed by atoms with Gasteiger partial charge in [0.2, 0.25) is 0 Å². The molecule has 0 atom stereocenters. The van der Waals surface area contributed by atoms with Gasteiger partial charge in [-0.3, -0.25) is 15.0 Å². The lowest BCUT2D eigenvalue weighted by Crippen LogP contribution is -2.35. The topological polar surface area (TPSA) is 49.4 Å². The summed E-state index contributed by atoms with van der Waals surface area (Å²) >= 11 is 9.17. The van der Waals surface area contributed by atoms with Crippen LogP contribution in [0.4, 0.5) is 5.69 Å². The van der Waals surface area contributed by atoms with Crippen LogP contribution in [-0.2, 0) is 9.59 Å². The van der Waals surface area contributed by atoms with Gasteiger partial charge in [0.25, 0.3) is 11.8 Å². The van der Waals surface area contributed by atoms with E-state index in [1.807, 2.05) is 24.3 Å². The highest BCUT2D eigenvalue weighted by molar-refractivity contribution is 9.10.